The van der Waals surface area contributed by atoms with Crippen LogP contribution in [0.25, 0.3) is 0 Å². The molecule has 2 aliphatic heterocycles. The highest BCUT2D eigenvalue weighted by molar-refractivity contribution is 5.82. The fourth-order valence-electron chi connectivity index (χ4n) is 4.90. The molecule has 4 N–H and O–H groups in total. The van der Waals surface area contributed by atoms with Crippen molar-refractivity contribution >= 4 is 29.6 Å². The third kappa shape index (κ3) is 13.6. The number of carbonyl (C=O) groups is 5. The van der Waals surface area contributed by atoms with Crippen LogP contribution in [0.1, 0.15) is 26.7 Å². The van der Waals surface area contributed by atoms with Crippen molar-refractivity contribution in [1.82, 2.24) is 29.8 Å². The average Bonchev–Trinajstić information content (AvgIpc) is 2.85. The molecule has 0 radical (unpaired) electrons. The molecular weight excluding hydrogens is 524 g/mol. The fourth-order valence-corrected chi connectivity index (χ4v) is 4.90. The van der Waals surface area contributed by atoms with Crippen LogP contribution in [0.3, 0.4) is 0 Å². The number of carboxylic acids is 3. The van der Waals surface area contributed by atoms with Gasteiger partial charge < -0.3 is 20.6 Å². The van der Waals surface area contributed by atoms with Crippen molar-refractivity contribution in [2.24, 2.45) is 5.92 Å². The molecule has 1 amide bonds. The second kappa shape index (κ2) is 17.2. The lowest BCUT2D eigenvalue weighted by molar-refractivity contribution is -0.140. The van der Waals surface area contributed by atoms with Gasteiger partial charge >= 0.3 is 17.9 Å². The zero-order valence-corrected chi connectivity index (χ0v) is 23.8. The van der Waals surface area contributed by atoms with E-state index in [0.29, 0.717) is 58.9 Å². The Morgan fingerprint density at radius 2 is 0.900 bits per heavy atom. The summed E-state index contributed by atoms with van der Waals surface area (Å²) in [6.45, 7) is 7.98. The maximum Gasteiger partial charge on any atom is 0.317 e. The van der Waals surface area contributed by atoms with Gasteiger partial charge in [-0.05, 0) is 12.8 Å². The Balaban J connectivity index is 1.99. The SMILES string of the molecule is CC(C)C(=O)CN1CCC(NC(=O)CN2CCN(CC(=O)O)CCN(CC(=O)O)CCN(CC(=O)O)CC2)CC1. The van der Waals surface area contributed by atoms with Gasteiger partial charge in [-0.2, -0.15) is 0 Å². The molecule has 0 bridgehead atoms. The number of nitrogens with zero attached hydrogens (tertiary/aromatic N) is 5. The highest BCUT2D eigenvalue weighted by Crippen LogP contribution is 2.11. The first-order valence-electron chi connectivity index (χ1n) is 14.0. The molecule has 40 heavy (non-hydrogen) atoms. The van der Waals surface area contributed by atoms with Crippen molar-refractivity contribution in [1.29, 1.82) is 0 Å². The minimum absolute atomic E-state index is 0.000976. The molecule has 0 aromatic heterocycles. The predicted molar refractivity (Wildman–Crippen MR) is 146 cm³/mol. The minimum atomic E-state index is -1.01. The number of rotatable bonds is 12. The second-order valence-electron chi connectivity index (χ2n) is 11.0. The topological polar surface area (TPSA) is 174 Å². The van der Waals surface area contributed by atoms with E-state index in [0.717, 1.165) is 25.9 Å². The first-order valence-corrected chi connectivity index (χ1v) is 14.0. The molecule has 0 aromatic rings. The van der Waals surface area contributed by atoms with Crippen molar-refractivity contribution in [2.45, 2.75) is 32.7 Å². The standard InChI is InChI=1S/C26H46N6O8/c1-20(2)22(33)15-28-5-3-21(4-6-28)27-23(34)16-29-7-9-30(17-24(35)36)11-13-32(19-26(39)40)14-12-31(10-8-29)18-25(37)38/h20-21H,3-19H2,1-2H3,(H,27,34)(H,35,36)(H,37,38)(H,39,40). The van der Waals surface area contributed by atoms with Gasteiger partial charge in [0.15, 0.2) is 0 Å². The van der Waals surface area contributed by atoms with Gasteiger partial charge in [-0.3, -0.25) is 48.5 Å². The lowest BCUT2D eigenvalue weighted by Crippen LogP contribution is -2.51. The van der Waals surface area contributed by atoms with Crippen LogP contribution in [0.15, 0.2) is 0 Å². The van der Waals surface area contributed by atoms with Crippen molar-refractivity contribution in [3.8, 4) is 0 Å². The smallest absolute Gasteiger partial charge is 0.317 e. The van der Waals surface area contributed by atoms with Crippen LogP contribution in [0, 0.1) is 5.92 Å². The van der Waals surface area contributed by atoms with Crippen LogP contribution >= 0.6 is 0 Å². The molecule has 0 atom stereocenters. The van der Waals surface area contributed by atoms with Crippen LogP contribution in [0.4, 0.5) is 0 Å². The average molecular weight is 571 g/mol. The quantitative estimate of drug-likeness (QED) is 0.209. The van der Waals surface area contributed by atoms with E-state index in [1.165, 1.54) is 0 Å². The predicted octanol–water partition coefficient (Wildman–Crippen LogP) is -1.73. The van der Waals surface area contributed by atoms with Crippen molar-refractivity contribution in [3.05, 3.63) is 0 Å². The number of aliphatic carboxylic acids is 3. The highest BCUT2D eigenvalue weighted by atomic mass is 16.4. The summed E-state index contributed by atoms with van der Waals surface area (Å²) >= 11 is 0. The molecule has 228 valence electrons. The number of hydrogen-bond acceptors (Lipinski definition) is 10. The molecule has 2 heterocycles. The summed E-state index contributed by atoms with van der Waals surface area (Å²) < 4.78 is 0. The van der Waals surface area contributed by atoms with E-state index < -0.39 is 17.9 Å². The monoisotopic (exact) mass is 570 g/mol. The third-order valence-corrected chi connectivity index (χ3v) is 7.35. The summed E-state index contributed by atoms with van der Waals surface area (Å²) in [7, 11) is 0. The van der Waals surface area contributed by atoms with E-state index in [1.807, 2.05) is 18.7 Å². The lowest BCUT2D eigenvalue weighted by Gasteiger charge is -2.34. The summed E-state index contributed by atoms with van der Waals surface area (Å²) in [6, 6.07) is 0.0117. The maximum absolute atomic E-state index is 13.0. The van der Waals surface area contributed by atoms with Crippen LogP contribution in [-0.2, 0) is 24.0 Å². The van der Waals surface area contributed by atoms with Gasteiger partial charge in [-0.25, -0.2) is 0 Å². The van der Waals surface area contributed by atoms with Gasteiger partial charge in [-0.15, -0.1) is 0 Å². The van der Waals surface area contributed by atoms with Crippen LogP contribution in [-0.4, -0.2) is 174 Å². The maximum atomic E-state index is 13.0. The molecule has 14 nitrogen and oxygen atoms in total. The van der Waals surface area contributed by atoms with Gasteiger partial charge in [0.2, 0.25) is 5.91 Å². The Kier molecular flexibility index (Phi) is 14.5. The number of hydrogen-bond donors (Lipinski definition) is 4. The van der Waals surface area contributed by atoms with E-state index in [-0.39, 0.29) is 49.8 Å². The summed E-state index contributed by atoms with van der Waals surface area (Å²) in [6.07, 6.45) is 1.51. The Labute approximate surface area is 235 Å². The molecular formula is C26H46N6O8. The zero-order chi connectivity index (χ0) is 29.7. The first-order chi connectivity index (χ1) is 18.9. The Morgan fingerprint density at radius 1 is 0.575 bits per heavy atom. The fraction of sp³-hybridized carbons (Fsp3) is 0.808. The summed E-state index contributed by atoms with van der Waals surface area (Å²) in [5.41, 5.74) is 0. The molecule has 0 spiro atoms. The normalized spacial score (nSPS) is 20.5. The highest BCUT2D eigenvalue weighted by Gasteiger charge is 2.25. The summed E-state index contributed by atoms with van der Waals surface area (Å²) in [5.74, 6) is -2.93. The van der Waals surface area contributed by atoms with Crippen molar-refractivity contribution in [3.63, 3.8) is 0 Å². The number of carboxylic acid groups (broad SMARTS) is 3. The number of Topliss-reactive ketones (excluding diaryl/α,β-unsaturated/α-hetero) is 1. The Morgan fingerprint density at radius 3 is 1.23 bits per heavy atom. The van der Waals surface area contributed by atoms with Crippen molar-refractivity contribution in [2.75, 3.05) is 98.2 Å². The Bertz CT molecular complexity index is 832. The van der Waals surface area contributed by atoms with Crippen LogP contribution in [0.2, 0.25) is 0 Å². The molecule has 2 aliphatic rings. The first kappa shape index (κ1) is 33.6. The number of piperidine rings is 1. The number of amides is 1. The van der Waals surface area contributed by atoms with E-state index in [2.05, 4.69) is 10.2 Å². The molecule has 2 fully saturated rings. The molecule has 0 aliphatic carbocycles. The van der Waals surface area contributed by atoms with E-state index in [9.17, 15) is 39.3 Å². The summed E-state index contributed by atoms with van der Waals surface area (Å²) in [4.78, 5) is 68.4. The number of carbonyl (C=O) groups excluding carboxylic acids is 2. The van der Waals surface area contributed by atoms with Gasteiger partial charge in [0, 0.05) is 77.4 Å². The third-order valence-electron chi connectivity index (χ3n) is 7.35. The zero-order valence-electron chi connectivity index (χ0n) is 23.8. The van der Waals surface area contributed by atoms with Crippen molar-refractivity contribution < 1.29 is 39.3 Å². The molecule has 0 unspecified atom stereocenters. The molecule has 14 heteroatoms. The Hall–Kier alpha value is -2.65. The second-order valence-corrected chi connectivity index (χ2v) is 11.0. The largest absolute Gasteiger partial charge is 0.480 e. The summed E-state index contributed by atoms with van der Waals surface area (Å²) in [5, 5.41) is 31.1. The number of nitrogens with one attached hydrogen (secondary N) is 1. The van der Waals surface area contributed by atoms with E-state index >= 15 is 0 Å². The lowest BCUT2D eigenvalue weighted by atomic mass is 10.0. The van der Waals surface area contributed by atoms with Gasteiger partial charge in [0.05, 0.1) is 32.7 Å². The van der Waals surface area contributed by atoms with Crippen LogP contribution < -0.4 is 5.32 Å². The number of likely N-dealkylation sites (tertiary alicyclic amines) is 1. The van der Waals surface area contributed by atoms with E-state index in [4.69, 9.17) is 0 Å². The molecule has 2 rings (SSSR count). The molecule has 0 aromatic carbocycles. The van der Waals surface area contributed by atoms with Gasteiger partial charge in [0.1, 0.15) is 5.78 Å². The molecule has 2 saturated heterocycles. The number of ketones is 1. The van der Waals surface area contributed by atoms with Gasteiger partial charge in [-0.1, -0.05) is 13.8 Å². The van der Waals surface area contributed by atoms with E-state index in [1.54, 1.807) is 14.7 Å². The molecule has 0 saturated carbocycles. The van der Waals surface area contributed by atoms with Gasteiger partial charge in [0.25, 0.3) is 0 Å². The minimum Gasteiger partial charge on any atom is -0.480 e. The van der Waals surface area contributed by atoms with Crippen LogP contribution in [0.5, 0.6) is 0 Å².